The lowest BCUT2D eigenvalue weighted by molar-refractivity contribution is 0.685. The van der Waals surface area contributed by atoms with Crippen LogP contribution in [0.2, 0.25) is 0 Å². The molecule has 0 unspecified atom stereocenters. The highest BCUT2D eigenvalue weighted by Crippen LogP contribution is 2.44. The molecule has 39 heavy (non-hydrogen) atoms. The normalized spacial score (nSPS) is 12.1. The Labute approximate surface area is 240 Å². The predicted molar refractivity (Wildman–Crippen MR) is 168 cm³/mol. The average Bonchev–Trinajstić information content (AvgIpc) is 3.72. The molecule has 0 saturated heterocycles. The van der Waals surface area contributed by atoms with Crippen molar-refractivity contribution in [1.82, 2.24) is 9.13 Å². The first kappa shape index (κ1) is 28.4. The molecule has 6 heteroatoms. The van der Waals surface area contributed by atoms with Crippen LogP contribution in [0.5, 0.6) is 0 Å². The minimum absolute atomic E-state index is 0.716. The molecule has 4 rings (SSSR count). The molecule has 0 amide bonds. The van der Waals surface area contributed by atoms with E-state index in [2.05, 4.69) is 84.5 Å². The van der Waals surface area contributed by atoms with Gasteiger partial charge in [0.1, 0.15) is 0 Å². The van der Waals surface area contributed by atoms with Crippen molar-refractivity contribution in [2.24, 2.45) is 0 Å². The molecule has 0 radical (unpaired) electrons. The van der Waals surface area contributed by atoms with E-state index in [9.17, 15) is 10.5 Å². The zero-order chi connectivity index (χ0) is 27.9. The molecular formula is C33H36N4S2. The highest BCUT2D eigenvalue weighted by molar-refractivity contribution is 7.25. The summed E-state index contributed by atoms with van der Waals surface area (Å²) in [6, 6.07) is 20.0. The Morgan fingerprint density at radius 2 is 1.26 bits per heavy atom. The van der Waals surface area contributed by atoms with Crippen molar-refractivity contribution < 1.29 is 0 Å². The van der Waals surface area contributed by atoms with Gasteiger partial charge in [-0.3, -0.25) is 0 Å². The molecule has 0 aliphatic rings. The summed E-state index contributed by atoms with van der Waals surface area (Å²) in [5.41, 5.74) is 7.44. The Balaban J connectivity index is 1.76. The fourth-order valence-electron chi connectivity index (χ4n) is 4.92. The van der Waals surface area contributed by atoms with E-state index in [1.165, 1.54) is 36.5 Å². The van der Waals surface area contributed by atoms with Crippen LogP contribution in [-0.4, -0.2) is 9.13 Å². The monoisotopic (exact) mass is 552 g/mol. The molecule has 0 aromatic carbocycles. The van der Waals surface area contributed by atoms with Crippen LogP contribution in [0.1, 0.15) is 70.8 Å². The summed E-state index contributed by atoms with van der Waals surface area (Å²) in [6.07, 6.45) is 8.17. The first-order chi connectivity index (χ1) is 18.9. The lowest BCUT2D eigenvalue weighted by Gasteiger charge is -2.10. The zero-order valence-corrected chi connectivity index (χ0v) is 25.2. The summed E-state index contributed by atoms with van der Waals surface area (Å²) in [5.74, 6) is 0. The Morgan fingerprint density at radius 1 is 0.718 bits per heavy atom. The molecule has 200 valence electrons. The molecule has 4 nitrogen and oxygen atoms in total. The zero-order valence-electron chi connectivity index (χ0n) is 23.5. The quantitative estimate of drug-likeness (QED) is 0.174. The second-order valence-electron chi connectivity index (χ2n) is 9.85. The highest BCUT2D eigenvalue weighted by Gasteiger charge is 2.18. The number of allylic oxidation sites excluding steroid dienone is 2. The third kappa shape index (κ3) is 6.19. The molecule has 4 heterocycles. The molecule has 4 aromatic heterocycles. The Morgan fingerprint density at radius 3 is 1.77 bits per heavy atom. The Kier molecular flexibility index (Phi) is 9.46. The smallest absolute Gasteiger partial charge is 0.0944 e. The molecule has 0 saturated carbocycles. The third-order valence-electron chi connectivity index (χ3n) is 6.67. The number of hydrogen-bond acceptors (Lipinski definition) is 4. The Bertz CT molecular complexity index is 1590. The summed E-state index contributed by atoms with van der Waals surface area (Å²) < 4.78 is 4.68. The van der Waals surface area contributed by atoms with Crippen LogP contribution in [-0.2, 0) is 19.5 Å². The van der Waals surface area contributed by atoms with Crippen LogP contribution in [0.4, 0.5) is 0 Å². The van der Waals surface area contributed by atoms with Gasteiger partial charge in [0.05, 0.1) is 33.3 Å². The van der Waals surface area contributed by atoms with Gasteiger partial charge in [-0.15, -0.1) is 22.7 Å². The summed E-state index contributed by atoms with van der Waals surface area (Å²) in [5, 5.41) is 18.6. The second kappa shape index (κ2) is 13.0. The van der Waals surface area contributed by atoms with Crippen LogP contribution < -0.4 is 0 Å². The molecule has 0 aliphatic carbocycles. The maximum atomic E-state index is 9.31. The lowest BCUT2D eigenvalue weighted by Crippen LogP contribution is -2.01. The fraction of sp³-hybridized carbons (Fsp3) is 0.333. The number of thiophene rings is 2. The first-order valence-electron chi connectivity index (χ1n) is 13.7. The van der Waals surface area contributed by atoms with Gasteiger partial charge in [0.15, 0.2) is 0 Å². The van der Waals surface area contributed by atoms with E-state index < -0.39 is 0 Å². The number of aromatic nitrogens is 2. The van der Waals surface area contributed by atoms with E-state index >= 15 is 0 Å². The minimum Gasteiger partial charge on any atom is -0.340 e. The summed E-state index contributed by atoms with van der Waals surface area (Å²) in [4.78, 5) is 5.18. The van der Waals surface area contributed by atoms with Crippen molar-refractivity contribution in [2.45, 2.75) is 73.4 Å². The number of nitriles is 2. The van der Waals surface area contributed by atoms with Gasteiger partial charge in [0.2, 0.25) is 0 Å². The van der Waals surface area contributed by atoms with Gasteiger partial charge in [-0.2, -0.15) is 10.5 Å². The topological polar surface area (TPSA) is 57.4 Å². The van der Waals surface area contributed by atoms with E-state index in [4.69, 9.17) is 0 Å². The van der Waals surface area contributed by atoms with Crippen molar-refractivity contribution in [2.75, 3.05) is 0 Å². The fourth-order valence-corrected chi connectivity index (χ4v) is 7.35. The standard InChI is InChI=1S/C33H36N4S2/c1-6-9-25-20-32(29-13-11-27(19-24(5)22-35)37(29)17-8-3)39-33(25)31-15-14-30(38-31)28-12-10-26(18-23(4)21-34)36(28)16-7-2/h10-15,18-20H,6-9,16-17H2,1-5H3/b23-18-,24-19-. The number of nitrogens with zero attached hydrogens (tertiary/aromatic N) is 4. The van der Waals surface area contributed by atoms with Crippen LogP contribution in [0.3, 0.4) is 0 Å². The largest absolute Gasteiger partial charge is 0.340 e. The molecule has 0 aliphatic heterocycles. The Hall–Kier alpha value is -3.58. The highest BCUT2D eigenvalue weighted by atomic mass is 32.1. The number of aryl methyl sites for hydroxylation is 1. The van der Waals surface area contributed by atoms with Crippen molar-refractivity contribution in [3.8, 4) is 43.0 Å². The summed E-state index contributed by atoms with van der Waals surface area (Å²) >= 11 is 3.72. The van der Waals surface area contributed by atoms with Crippen LogP contribution in [0.15, 0.2) is 53.6 Å². The lowest BCUT2D eigenvalue weighted by atomic mass is 10.1. The van der Waals surface area contributed by atoms with Crippen molar-refractivity contribution in [1.29, 1.82) is 10.5 Å². The van der Waals surface area contributed by atoms with Gasteiger partial charge < -0.3 is 9.13 Å². The molecule has 0 N–H and O–H groups in total. The van der Waals surface area contributed by atoms with Gasteiger partial charge in [0, 0.05) is 45.4 Å². The minimum atomic E-state index is 0.716. The number of hydrogen-bond donors (Lipinski definition) is 0. The predicted octanol–water partition coefficient (Wildman–Crippen LogP) is 10.0. The van der Waals surface area contributed by atoms with Crippen molar-refractivity contribution >= 4 is 34.8 Å². The molecular weight excluding hydrogens is 517 g/mol. The van der Waals surface area contributed by atoms with Gasteiger partial charge in [-0.1, -0.05) is 27.2 Å². The summed E-state index contributed by atoms with van der Waals surface area (Å²) in [6.45, 7) is 12.2. The maximum absolute atomic E-state index is 9.31. The van der Waals surface area contributed by atoms with Gasteiger partial charge in [0.25, 0.3) is 0 Å². The van der Waals surface area contributed by atoms with E-state index in [-0.39, 0.29) is 0 Å². The summed E-state index contributed by atoms with van der Waals surface area (Å²) in [7, 11) is 0. The van der Waals surface area contributed by atoms with E-state index in [0.29, 0.717) is 5.57 Å². The van der Waals surface area contributed by atoms with Crippen LogP contribution in [0.25, 0.3) is 43.0 Å². The van der Waals surface area contributed by atoms with Gasteiger partial charge >= 0.3 is 0 Å². The molecule has 4 aromatic rings. The van der Waals surface area contributed by atoms with Gasteiger partial charge in [-0.05, 0) is 93.3 Å². The average molecular weight is 553 g/mol. The maximum Gasteiger partial charge on any atom is 0.0944 e. The first-order valence-corrected chi connectivity index (χ1v) is 15.4. The molecule has 0 fully saturated rings. The van der Waals surface area contributed by atoms with Crippen molar-refractivity contribution in [3.05, 3.63) is 70.6 Å². The van der Waals surface area contributed by atoms with Crippen LogP contribution in [0, 0.1) is 22.7 Å². The number of rotatable bonds is 11. The third-order valence-corrected chi connectivity index (χ3v) is 9.16. The van der Waals surface area contributed by atoms with Gasteiger partial charge in [-0.25, -0.2) is 0 Å². The molecule has 0 bridgehead atoms. The second-order valence-corrected chi connectivity index (χ2v) is 12.0. The van der Waals surface area contributed by atoms with E-state index in [1.807, 2.05) is 48.7 Å². The van der Waals surface area contributed by atoms with E-state index in [1.54, 1.807) is 0 Å². The SMILES string of the molecule is CCCc1cc(-c2ccc(/C=C(/C)C#N)n2CCC)sc1-c1ccc(-c2ccc(/C=C(/C)C#N)n2CCC)s1. The van der Waals surface area contributed by atoms with E-state index in [0.717, 1.165) is 55.7 Å². The molecule has 0 spiro atoms. The molecule has 0 atom stereocenters. The van der Waals surface area contributed by atoms with Crippen LogP contribution >= 0.6 is 22.7 Å². The van der Waals surface area contributed by atoms with Crippen molar-refractivity contribution in [3.63, 3.8) is 0 Å².